The highest BCUT2D eigenvalue weighted by atomic mass is 16.5. The van der Waals surface area contributed by atoms with Gasteiger partial charge in [0, 0.05) is 6.54 Å². The third-order valence-corrected chi connectivity index (χ3v) is 3.05. The van der Waals surface area contributed by atoms with Crippen molar-refractivity contribution in [1.29, 1.82) is 0 Å². The summed E-state index contributed by atoms with van der Waals surface area (Å²) in [6.45, 7) is 8.04. The number of amides is 1. The largest absolute Gasteiger partial charge is 0.450 e. The lowest BCUT2D eigenvalue weighted by molar-refractivity contribution is 0.144. The van der Waals surface area contributed by atoms with E-state index in [1.807, 2.05) is 0 Å². The van der Waals surface area contributed by atoms with Gasteiger partial charge in [0.1, 0.15) is 0 Å². The van der Waals surface area contributed by atoms with Crippen LogP contribution >= 0.6 is 0 Å². The number of carbonyl (C=O) groups excluding carboxylic acids is 1. The molecular weight excluding hydrogens is 268 g/mol. The summed E-state index contributed by atoms with van der Waals surface area (Å²) in [6, 6.07) is 0. The van der Waals surface area contributed by atoms with Gasteiger partial charge in [-0.15, -0.1) is 0 Å². The van der Waals surface area contributed by atoms with Gasteiger partial charge < -0.3 is 26.4 Å². The zero-order chi connectivity index (χ0) is 15.6. The number of nitrogens with one attached hydrogen (secondary N) is 3. The molecule has 5 N–H and O–H groups in total. The first-order valence-corrected chi connectivity index (χ1v) is 8.33. The molecule has 0 aromatic rings. The molecule has 0 spiro atoms. The predicted octanol–water partition coefficient (Wildman–Crippen LogP) is 1.21. The number of alkyl carbamates (subject to hydrolysis) is 1. The Morgan fingerprint density at radius 3 is 2.14 bits per heavy atom. The smallest absolute Gasteiger partial charge is 0.407 e. The molecule has 0 unspecified atom stereocenters. The van der Waals surface area contributed by atoms with Crippen LogP contribution in [-0.2, 0) is 4.74 Å². The van der Waals surface area contributed by atoms with Crippen molar-refractivity contribution in [1.82, 2.24) is 16.0 Å². The van der Waals surface area contributed by atoms with Crippen LogP contribution in [0.5, 0.6) is 0 Å². The van der Waals surface area contributed by atoms with Crippen LogP contribution in [-0.4, -0.2) is 52.0 Å². The molecule has 0 radical (unpaired) electrons. The molecule has 0 fully saturated rings. The average molecular weight is 302 g/mol. The van der Waals surface area contributed by atoms with Gasteiger partial charge in [0.25, 0.3) is 0 Å². The van der Waals surface area contributed by atoms with Crippen molar-refractivity contribution < 1.29 is 9.53 Å². The Balaban J connectivity index is 3.06. The third-order valence-electron chi connectivity index (χ3n) is 3.05. The standard InChI is InChI=1S/C15H34N4O2/c1-2-3-14-21-15(20)19-13-7-12-18-10-5-4-9-17-11-6-8-16/h17-18H,2-14,16H2,1H3,(H,19,20). The highest BCUT2D eigenvalue weighted by molar-refractivity contribution is 5.66. The number of carbonyl (C=O) groups is 1. The van der Waals surface area contributed by atoms with Gasteiger partial charge in [-0.2, -0.15) is 0 Å². The zero-order valence-corrected chi connectivity index (χ0v) is 13.6. The van der Waals surface area contributed by atoms with Crippen LogP contribution in [0.3, 0.4) is 0 Å². The van der Waals surface area contributed by atoms with Gasteiger partial charge in [-0.05, 0) is 64.8 Å². The molecule has 0 saturated heterocycles. The molecular formula is C15H34N4O2. The number of hydrogen-bond donors (Lipinski definition) is 4. The van der Waals surface area contributed by atoms with Crippen molar-refractivity contribution in [3.63, 3.8) is 0 Å². The summed E-state index contributed by atoms with van der Waals surface area (Å²) in [4.78, 5) is 11.2. The second-order valence-corrected chi connectivity index (χ2v) is 5.12. The second-order valence-electron chi connectivity index (χ2n) is 5.12. The summed E-state index contributed by atoms with van der Waals surface area (Å²) in [5, 5.41) is 9.49. The summed E-state index contributed by atoms with van der Waals surface area (Å²) >= 11 is 0. The molecule has 0 aliphatic heterocycles. The molecule has 0 atom stereocenters. The topological polar surface area (TPSA) is 88.4 Å². The van der Waals surface area contributed by atoms with Gasteiger partial charge in [0.2, 0.25) is 0 Å². The van der Waals surface area contributed by atoms with Gasteiger partial charge in [-0.25, -0.2) is 4.79 Å². The predicted molar refractivity (Wildman–Crippen MR) is 87.5 cm³/mol. The van der Waals surface area contributed by atoms with E-state index >= 15 is 0 Å². The van der Waals surface area contributed by atoms with Crippen molar-refractivity contribution >= 4 is 6.09 Å². The monoisotopic (exact) mass is 302 g/mol. The molecule has 0 rings (SSSR count). The van der Waals surface area contributed by atoms with Crippen molar-refractivity contribution in [2.75, 3.05) is 45.9 Å². The molecule has 0 bridgehead atoms. The van der Waals surface area contributed by atoms with Crippen LogP contribution in [0.25, 0.3) is 0 Å². The first-order chi connectivity index (χ1) is 10.3. The van der Waals surface area contributed by atoms with Crippen LogP contribution in [0.15, 0.2) is 0 Å². The van der Waals surface area contributed by atoms with Crippen LogP contribution in [0.4, 0.5) is 4.79 Å². The van der Waals surface area contributed by atoms with E-state index in [-0.39, 0.29) is 6.09 Å². The van der Waals surface area contributed by atoms with E-state index in [9.17, 15) is 4.79 Å². The van der Waals surface area contributed by atoms with E-state index in [0.717, 1.165) is 58.4 Å². The van der Waals surface area contributed by atoms with Crippen molar-refractivity contribution in [2.45, 2.75) is 45.4 Å². The second kappa shape index (κ2) is 17.2. The summed E-state index contributed by atoms with van der Waals surface area (Å²) in [6.07, 6.45) is 5.99. The molecule has 1 amide bonds. The van der Waals surface area contributed by atoms with E-state index in [0.29, 0.717) is 13.2 Å². The number of hydrogen-bond acceptors (Lipinski definition) is 5. The van der Waals surface area contributed by atoms with E-state index in [1.165, 1.54) is 12.8 Å². The fourth-order valence-corrected chi connectivity index (χ4v) is 1.74. The lowest BCUT2D eigenvalue weighted by Gasteiger charge is -2.07. The molecule has 0 saturated carbocycles. The number of nitrogens with two attached hydrogens (primary N) is 1. The molecule has 126 valence electrons. The SMILES string of the molecule is CCCCOC(=O)NCCCNCCCCNCCCN. The summed E-state index contributed by atoms with van der Waals surface area (Å²) in [5.41, 5.74) is 5.41. The fraction of sp³-hybridized carbons (Fsp3) is 0.933. The molecule has 6 nitrogen and oxygen atoms in total. The average Bonchev–Trinajstić information content (AvgIpc) is 2.48. The number of unbranched alkanes of at least 4 members (excludes halogenated alkanes) is 2. The Labute approximate surface area is 129 Å². The van der Waals surface area contributed by atoms with Crippen molar-refractivity contribution in [3.8, 4) is 0 Å². The van der Waals surface area contributed by atoms with Crippen LogP contribution < -0.4 is 21.7 Å². The molecule has 0 aromatic carbocycles. The normalized spacial score (nSPS) is 10.6. The minimum Gasteiger partial charge on any atom is -0.450 e. The lowest BCUT2D eigenvalue weighted by atomic mass is 10.3. The maximum Gasteiger partial charge on any atom is 0.407 e. The molecule has 0 aliphatic rings. The lowest BCUT2D eigenvalue weighted by Crippen LogP contribution is -2.28. The maximum absolute atomic E-state index is 11.2. The Morgan fingerprint density at radius 2 is 1.52 bits per heavy atom. The minimum atomic E-state index is -0.299. The minimum absolute atomic E-state index is 0.299. The Hall–Kier alpha value is -0.850. The first kappa shape index (κ1) is 20.1. The Kier molecular flexibility index (Phi) is 16.5. The van der Waals surface area contributed by atoms with Gasteiger partial charge in [0.05, 0.1) is 6.61 Å². The van der Waals surface area contributed by atoms with Crippen LogP contribution in [0, 0.1) is 0 Å². The van der Waals surface area contributed by atoms with Crippen molar-refractivity contribution in [3.05, 3.63) is 0 Å². The van der Waals surface area contributed by atoms with Crippen molar-refractivity contribution in [2.24, 2.45) is 5.73 Å². The molecule has 6 heteroatoms. The summed E-state index contributed by atoms with van der Waals surface area (Å²) < 4.78 is 5.00. The zero-order valence-electron chi connectivity index (χ0n) is 13.6. The van der Waals surface area contributed by atoms with Crippen LogP contribution in [0.1, 0.15) is 45.4 Å². The first-order valence-electron chi connectivity index (χ1n) is 8.33. The Morgan fingerprint density at radius 1 is 0.905 bits per heavy atom. The van der Waals surface area contributed by atoms with E-state index < -0.39 is 0 Å². The highest BCUT2D eigenvalue weighted by Crippen LogP contribution is 1.89. The molecule has 21 heavy (non-hydrogen) atoms. The van der Waals surface area contributed by atoms with Gasteiger partial charge >= 0.3 is 6.09 Å². The summed E-state index contributed by atoms with van der Waals surface area (Å²) in [5.74, 6) is 0. The summed E-state index contributed by atoms with van der Waals surface area (Å²) in [7, 11) is 0. The fourth-order valence-electron chi connectivity index (χ4n) is 1.74. The van der Waals surface area contributed by atoms with E-state index in [4.69, 9.17) is 10.5 Å². The van der Waals surface area contributed by atoms with Crippen LogP contribution in [0.2, 0.25) is 0 Å². The quantitative estimate of drug-likeness (QED) is 0.342. The number of rotatable bonds is 15. The Bertz CT molecular complexity index is 228. The third kappa shape index (κ3) is 17.1. The molecule has 0 heterocycles. The highest BCUT2D eigenvalue weighted by Gasteiger charge is 1.99. The van der Waals surface area contributed by atoms with Gasteiger partial charge in [-0.3, -0.25) is 0 Å². The van der Waals surface area contributed by atoms with E-state index in [1.54, 1.807) is 0 Å². The molecule has 0 aromatic heterocycles. The van der Waals surface area contributed by atoms with Gasteiger partial charge in [-0.1, -0.05) is 13.3 Å². The van der Waals surface area contributed by atoms with Gasteiger partial charge in [0.15, 0.2) is 0 Å². The molecule has 0 aliphatic carbocycles. The van der Waals surface area contributed by atoms with E-state index in [2.05, 4.69) is 22.9 Å². The number of ether oxygens (including phenoxy) is 1. The maximum atomic E-state index is 11.2.